The van der Waals surface area contributed by atoms with Crippen LogP contribution in [-0.4, -0.2) is 42.9 Å². The number of amides is 1. The number of phenolic OH excluding ortho intramolecular Hbond substituents is 1. The fraction of sp³-hybridized carbons (Fsp3) is 0.244. The maximum atomic E-state index is 12.9. The number of ether oxygens (including phenoxy) is 1. The highest BCUT2D eigenvalue weighted by atomic mass is 32.2. The number of phenols is 1. The van der Waals surface area contributed by atoms with Crippen molar-refractivity contribution in [2.75, 3.05) is 17.5 Å². The summed E-state index contributed by atoms with van der Waals surface area (Å²) in [5.74, 6) is 0.500. The Morgan fingerprint density at radius 1 is 0.784 bits per heavy atom. The number of anilines is 1. The molecule has 1 unspecified atom stereocenters. The van der Waals surface area contributed by atoms with Gasteiger partial charge in [-0.15, -0.1) is 0 Å². The van der Waals surface area contributed by atoms with Crippen molar-refractivity contribution in [1.29, 1.82) is 0 Å². The Morgan fingerprint density at radius 2 is 1.47 bits per heavy atom. The number of carbonyl (C=O) groups is 1. The summed E-state index contributed by atoms with van der Waals surface area (Å²) in [5.41, 5.74) is 6.26. The normalized spacial score (nSPS) is 12.2. The van der Waals surface area contributed by atoms with Crippen LogP contribution in [0, 0.1) is 0 Å². The molecule has 0 aliphatic carbocycles. The van der Waals surface area contributed by atoms with Gasteiger partial charge in [-0.1, -0.05) is 91.0 Å². The van der Waals surface area contributed by atoms with E-state index in [0.29, 0.717) is 24.3 Å². The third kappa shape index (κ3) is 11.7. The van der Waals surface area contributed by atoms with E-state index in [9.17, 15) is 23.4 Å². The zero-order valence-electron chi connectivity index (χ0n) is 29.1. The van der Waals surface area contributed by atoms with Crippen LogP contribution < -0.4 is 20.1 Å². The molecule has 1 atom stereocenters. The van der Waals surface area contributed by atoms with E-state index < -0.39 is 21.7 Å². The number of carbonyl (C=O) groups excluding carboxylic acids is 1. The molecular formula is C41H45N3O6S. The molecule has 5 rings (SSSR count). The molecule has 5 N–H and O–H groups in total. The van der Waals surface area contributed by atoms with Crippen molar-refractivity contribution in [3.05, 3.63) is 149 Å². The van der Waals surface area contributed by atoms with E-state index in [1.54, 1.807) is 30.3 Å². The van der Waals surface area contributed by atoms with E-state index in [2.05, 4.69) is 15.4 Å². The summed E-state index contributed by atoms with van der Waals surface area (Å²) in [6.07, 6.45) is 1.05. The van der Waals surface area contributed by atoms with Gasteiger partial charge in [0, 0.05) is 18.6 Å². The largest absolute Gasteiger partial charge is 0.508 e. The Balaban J connectivity index is 1.14. The minimum absolute atomic E-state index is 0.0797. The van der Waals surface area contributed by atoms with Gasteiger partial charge in [-0.25, -0.2) is 8.42 Å². The summed E-state index contributed by atoms with van der Waals surface area (Å²) in [6.45, 7) is 4.98. The first kappa shape index (κ1) is 37.1. The van der Waals surface area contributed by atoms with Crippen LogP contribution in [-0.2, 0) is 40.8 Å². The van der Waals surface area contributed by atoms with E-state index >= 15 is 0 Å². The lowest BCUT2D eigenvalue weighted by atomic mass is 9.93. The molecule has 266 valence electrons. The van der Waals surface area contributed by atoms with Crippen molar-refractivity contribution in [3.8, 4) is 22.6 Å². The smallest absolute Gasteiger partial charge is 0.229 e. The Kier molecular flexibility index (Phi) is 12.1. The van der Waals surface area contributed by atoms with Gasteiger partial charge in [0.05, 0.1) is 24.5 Å². The van der Waals surface area contributed by atoms with Crippen LogP contribution in [0.5, 0.6) is 11.5 Å². The molecule has 5 aromatic rings. The Hall–Kier alpha value is -5.16. The summed E-state index contributed by atoms with van der Waals surface area (Å²) in [6, 6.07) is 37.5. The predicted molar refractivity (Wildman–Crippen MR) is 202 cm³/mol. The van der Waals surface area contributed by atoms with Gasteiger partial charge in [0.25, 0.3) is 0 Å². The summed E-state index contributed by atoms with van der Waals surface area (Å²) < 4.78 is 32.6. The second-order valence-corrected chi connectivity index (χ2v) is 15.1. The van der Waals surface area contributed by atoms with Gasteiger partial charge in [-0.05, 0) is 89.5 Å². The highest BCUT2D eigenvalue weighted by Crippen LogP contribution is 2.30. The number of sulfonamides is 1. The van der Waals surface area contributed by atoms with Crippen LogP contribution in [0.1, 0.15) is 47.8 Å². The second kappa shape index (κ2) is 16.7. The quantitative estimate of drug-likeness (QED) is 0.0789. The van der Waals surface area contributed by atoms with Crippen molar-refractivity contribution < 1.29 is 28.2 Å². The maximum absolute atomic E-state index is 12.9. The molecule has 0 saturated carbocycles. The fourth-order valence-electron chi connectivity index (χ4n) is 5.77. The minimum Gasteiger partial charge on any atom is -0.508 e. The molecule has 51 heavy (non-hydrogen) atoms. The second-order valence-electron chi connectivity index (χ2n) is 13.4. The number of nitrogens with one attached hydrogen (secondary N) is 3. The van der Waals surface area contributed by atoms with Crippen molar-refractivity contribution in [1.82, 2.24) is 10.6 Å². The number of hydrogen-bond acceptors (Lipinski definition) is 7. The molecular weight excluding hydrogens is 663 g/mol. The van der Waals surface area contributed by atoms with Crippen LogP contribution in [0.2, 0.25) is 0 Å². The van der Waals surface area contributed by atoms with Crippen LogP contribution in [0.15, 0.2) is 121 Å². The number of aromatic hydroxyl groups is 1. The third-order valence-electron chi connectivity index (χ3n) is 8.31. The summed E-state index contributed by atoms with van der Waals surface area (Å²) in [4.78, 5) is 12.9. The SMILES string of the molecule is CC(C)(Cc1cccc(CC(=O)NCc2cccc(-c3ccc(O)cc3)c2)c1)NCC(O)c1ccc(OCc2ccccc2)c(NS(C)(=O)=O)c1. The number of aliphatic hydroxyl groups is 1. The van der Waals surface area contributed by atoms with E-state index in [-0.39, 0.29) is 36.9 Å². The Bertz CT molecular complexity index is 2030. The summed E-state index contributed by atoms with van der Waals surface area (Å²) in [5, 5.41) is 27.1. The summed E-state index contributed by atoms with van der Waals surface area (Å²) in [7, 11) is -3.59. The molecule has 0 radical (unpaired) electrons. The number of hydrogen-bond donors (Lipinski definition) is 5. The van der Waals surface area contributed by atoms with E-state index in [1.807, 2.05) is 105 Å². The lowest BCUT2D eigenvalue weighted by molar-refractivity contribution is -0.120. The zero-order chi connectivity index (χ0) is 36.4. The first-order valence-electron chi connectivity index (χ1n) is 16.8. The minimum atomic E-state index is -3.59. The van der Waals surface area contributed by atoms with Gasteiger partial charge in [-0.2, -0.15) is 0 Å². The number of β-amino-alcohol motifs (C(OH)–C–C–N with tert-alkyl or cyclic N) is 1. The Labute approximate surface area is 300 Å². The van der Waals surface area contributed by atoms with Gasteiger partial charge in [-0.3, -0.25) is 9.52 Å². The first-order valence-corrected chi connectivity index (χ1v) is 18.7. The van der Waals surface area contributed by atoms with E-state index in [4.69, 9.17) is 4.74 Å². The van der Waals surface area contributed by atoms with Crippen LogP contribution in [0.3, 0.4) is 0 Å². The van der Waals surface area contributed by atoms with Crippen LogP contribution >= 0.6 is 0 Å². The average Bonchev–Trinajstić information content (AvgIpc) is 3.09. The molecule has 0 spiro atoms. The molecule has 0 fully saturated rings. The van der Waals surface area contributed by atoms with Gasteiger partial charge in [0.15, 0.2) is 0 Å². The van der Waals surface area contributed by atoms with Crippen molar-refractivity contribution in [3.63, 3.8) is 0 Å². The molecule has 10 heteroatoms. The number of benzene rings is 5. The first-order chi connectivity index (χ1) is 24.3. The van der Waals surface area contributed by atoms with Crippen molar-refractivity contribution >= 4 is 21.6 Å². The van der Waals surface area contributed by atoms with Crippen molar-refractivity contribution in [2.24, 2.45) is 0 Å². The molecule has 1 amide bonds. The number of rotatable bonds is 16. The van der Waals surface area contributed by atoms with E-state index in [1.165, 1.54) is 0 Å². The molecule has 0 aliphatic heterocycles. The lowest BCUT2D eigenvalue weighted by Gasteiger charge is -2.28. The Morgan fingerprint density at radius 3 is 2.22 bits per heavy atom. The lowest BCUT2D eigenvalue weighted by Crippen LogP contribution is -2.43. The molecule has 9 nitrogen and oxygen atoms in total. The standard InChI is InChI=1S/C41H45N3O6S/c1-41(2,43-27-38(46)35-17-20-39(37(24-35)44-51(3,48)49)50-28-29-9-5-4-6-10-29)25-31-12-7-11-30(21-31)23-40(47)42-26-32-13-8-14-34(22-32)33-15-18-36(45)19-16-33/h4-22,24,38,43-46H,23,25-28H2,1-3H3,(H,42,47). The molecule has 0 aliphatic rings. The zero-order valence-corrected chi connectivity index (χ0v) is 29.9. The topological polar surface area (TPSA) is 137 Å². The van der Waals surface area contributed by atoms with E-state index in [0.717, 1.165) is 39.6 Å². The van der Waals surface area contributed by atoms with Gasteiger partial charge < -0.3 is 25.6 Å². The molecule has 0 bridgehead atoms. The van der Waals surface area contributed by atoms with Gasteiger partial charge >= 0.3 is 0 Å². The summed E-state index contributed by atoms with van der Waals surface area (Å²) >= 11 is 0. The molecule has 0 saturated heterocycles. The fourth-order valence-corrected chi connectivity index (χ4v) is 6.33. The van der Waals surface area contributed by atoms with Crippen LogP contribution in [0.4, 0.5) is 5.69 Å². The predicted octanol–water partition coefficient (Wildman–Crippen LogP) is 6.51. The highest BCUT2D eigenvalue weighted by Gasteiger charge is 2.21. The van der Waals surface area contributed by atoms with Gasteiger partial charge in [0.1, 0.15) is 18.1 Å². The highest BCUT2D eigenvalue weighted by molar-refractivity contribution is 7.92. The van der Waals surface area contributed by atoms with Gasteiger partial charge in [0.2, 0.25) is 15.9 Å². The molecule has 0 aromatic heterocycles. The maximum Gasteiger partial charge on any atom is 0.229 e. The van der Waals surface area contributed by atoms with Crippen molar-refractivity contribution in [2.45, 2.75) is 51.5 Å². The molecule has 0 heterocycles. The number of aliphatic hydroxyl groups excluding tert-OH is 1. The van der Waals surface area contributed by atoms with Crippen LogP contribution in [0.25, 0.3) is 11.1 Å². The monoisotopic (exact) mass is 707 g/mol. The average molecular weight is 708 g/mol. The molecule has 5 aromatic carbocycles. The third-order valence-corrected chi connectivity index (χ3v) is 8.91.